The van der Waals surface area contributed by atoms with Gasteiger partial charge in [-0.1, -0.05) is 38.1 Å². The summed E-state index contributed by atoms with van der Waals surface area (Å²) >= 11 is 0. The van der Waals surface area contributed by atoms with Gasteiger partial charge in [0.25, 0.3) is 0 Å². The highest BCUT2D eigenvalue weighted by molar-refractivity contribution is 5.75. The molecule has 156 valence electrons. The fourth-order valence-corrected chi connectivity index (χ4v) is 3.49. The third-order valence-electron chi connectivity index (χ3n) is 5.04. The van der Waals surface area contributed by atoms with Gasteiger partial charge in [0.1, 0.15) is 5.75 Å². The summed E-state index contributed by atoms with van der Waals surface area (Å²) in [5.74, 6) is 2.44. The second kappa shape index (κ2) is 9.54. The van der Waals surface area contributed by atoms with Crippen molar-refractivity contribution in [3.05, 3.63) is 53.6 Å². The second-order valence-corrected chi connectivity index (χ2v) is 7.56. The maximum absolute atomic E-state index is 12.7. The molecule has 0 saturated carbocycles. The SMILES string of the molecule is COc1ccccc1C(C)NC(=O)NC(c1ccc2c(c1)OCCCO2)C(C)C. The Bertz CT molecular complexity index is 837. The number of rotatable bonds is 6. The first-order chi connectivity index (χ1) is 14.0. The minimum Gasteiger partial charge on any atom is -0.496 e. The van der Waals surface area contributed by atoms with Gasteiger partial charge in [0.05, 0.1) is 32.4 Å². The molecule has 2 N–H and O–H groups in total. The number of hydrogen-bond acceptors (Lipinski definition) is 4. The Balaban J connectivity index is 1.72. The Morgan fingerprint density at radius 3 is 2.45 bits per heavy atom. The van der Waals surface area contributed by atoms with Crippen LogP contribution in [0.3, 0.4) is 0 Å². The maximum atomic E-state index is 12.7. The molecule has 0 saturated heterocycles. The predicted molar refractivity (Wildman–Crippen MR) is 113 cm³/mol. The third-order valence-corrected chi connectivity index (χ3v) is 5.04. The Hall–Kier alpha value is -2.89. The summed E-state index contributed by atoms with van der Waals surface area (Å²) < 4.78 is 16.9. The molecule has 0 aliphatic carbocycles. The molecule has 1 aliphatic heterocycles. The second-order valence-electron chi connectivity index (χ2n) is 7.56. The lowest BCUT2D eigenvalue weighted by Crippen LogP contribution is -2.40. The summed E-state index contributed by atoms with van der Waals surface area (Å²) in [7, 11) is 1.63. The minimum atomic E-state index is -0.228. The summed E-state index contributed by atoms with van der Waals surface area (Å²) in [6.07, 6.45) is 0.860. The monoisotopic (exact) mass is 398 g/mol. The van der Waals surface area contributed by atoms with Crippen molar-refractivity contribution in [2.24, 2.45) is 5.92 Å². The quantitative estimate of drug-likeness (QED) is 0.745. The van der Waals surface area contributed by atoms with Gasteiger partial charge in [0, 0.05) is 12.0 Å². The zero-order valence-electron chi connectivity index (χ0n) is 17.5. The molecule has 6 nitrogen and oxygen atoms in total. The Labute approximate surface area is 172 Å². The molecular formula is C23H30N2O4. The number of methoxy groups -OCH3 is 1. The Morgan fingerprint density at radius 1 is 1.00 bits per heavy atom. The largest absolute Gasteiger partial charge is 0.496 e. The van der Waals surface area contributed by atoms with Gasteiger partial charge in [-0.3, -0.25) is 0 Å². The van der Waals surface area contributed by atoms with Crippen molar-refractivity contribution < 1.29 is 19.0 Å². The number of amides is 2. The molecule has 2 aromatic rings. The molecule has 0 bridgehead atoms. The summed E-state index contributed by atoms with van der Waals surface area (Å²) in [5, 5.41) is 6.12. The zero-order chi connectivity index (χ0) is 20.8. The predicted octanol–water partition coefficient (Wildman–Crippen LogP) is 4.61. The molecule has 2 atom stereocenters. The number of urea groups is 1. The average Bonchev–Trinajstić information content (AvgIpc) is 2.96. The van der Waals surface area contributed by atoms with Crippen LogP contribution in [0.25, 0.3) is 0 Å². The van der Waals surface area contributed by atoms with E-state index in [0.717, 1.165) is 34.8 Å². The molecule has 0 spiro atoms. The van der Waals surface area contributed by atoms with Crippen molar-refractivity contribution in [2.75, 3.05) is 20.3 Å². The van der Waals surface area contributed by atoms with E-state index in [1.165, 1.54) is 0 Å². The topological polar surface area (TPSA) is 68.8 Å². The van der Waals surface area contributed by atoms with Crippen LogP contribution >= 0.6 is 0 Å². The molecule has 0 fully saturated rings. The van der Waals surface area contributed by atoms with E-state index in [2.05, 4.69) is 24.5 Å². The molecule has 29 heavy (non-hydrogen) atoms. The number of hydrogen-bond donors (Lipinski definition) is 2. The lowest BCUT2D eigenvalue weighted by atomic mass is 9.95. The van der Waals surface area contributed by atoms with Crippen LogP contribution in [0.15, 0.2) is 42.5 Å². The molecule has 2 unspecified atom stereocenters. The number of nitrogens with one attached hydrogen (secondary N) is 2. The van der Waals surface area contributed by atoms with Gasteiger partial charge >= 0.3 is 6.03 Å². The fourth-order valence-electron chi connectivity index (χ4n) is 3.49. The standard InChI is InChI=1S/C23H30N2O4/c1-15(2)22(17-10-11-20-21(14-17)29-13-7-12-28-20)25-23(26)24-16(3)18-8-5-6-9-19(18)27-4/h5-6,8-11,14-16,22H,7,12-13H2,1-4H3,(H2,24,25,26). The fraction of sp³-hybridized carbons (Fsp3) is 0.435. The summed E-state index contributed by atoms with van der Waals surface area (Å²) in [6, 6.07) is 13.0. The number of para-hydroxylation sites is 1. The van der Waals surface area contributed by atoms with Crippen LogP contribution in [0, 0.1) is 5.92 Å². The van der Waals surface area contributed by atoms with Crippen molar-refractivity contribution in [1.29, 1.82) is 0 Å². The van der Waals surface area contributed by atoms with E-state index in [1.54, 1.807) is 7.11 Å². The average molecular weight is 399 g/mol. The highest BCUT2D eigenvalue weighted by Crippen LogP contribution is 2.34. The minimum absolute atomic E-state index is 0.156. The summed E-state index contributed by atoms with van der Waals surface area (Å²) in [4.78, 5) is 12.7. The smallest absolute Gasteiger partial charge is 0.315 e. The molecule has 6 heteroatoms. The van der Waals surface area contributed by atoms with Crippen LogP contribution in [-0.2, 0) is 0 Å². The van der Waals surface area contributed by atoms with Crippen molar-refractivity contribution >= 4 is 6.03 Å². The van der Waals surface area contributed by atoms with Gasteiger partial charge in [-0.2, -0.15) is 0 Å². The van der Waals surface area contributed by atoms with Crippen LogP contribution in [0.1, 0.15) is 50.4 Å². The van der Waals surface area contributed by atoms with Gasteiger partial charge in [-0.15, -0.1) is 0 Å². The maximum Gasteiger partial charge on any atom is 0.315 e. The van der Waals surface area contributed by atoms with E-state index in [-0.39, 0.29) is 24.0 Å². The van der Waals surface area contributed by atoms with E-state index in [0.29, 0.717) is 13.2 Å². The van der Waals surface area contributed by atoms with E-state index in [9.17, 15) is 4.79 Å². The van der Waals surface area contributed by atoms with Gasteiger partial charge in [-0.05, 0) is 36.6 Å². The lowest BCUT2D eigenvalue weighted by molar-refractivity contribution is 0.229. The van der Waals surface area contributed by atoms with Gasteiger partial charge in [0.15, 0.2) is 11.5 Å². The van der Waals surface area contributed by atoms with E-state index in [4.69, 9.17) is 14.2 Å². The first-order valence-corrected chi connectivity index (χ1v) is 10.1. The molecule has 2 aromatic carbocycles. The normalized spacial score (nSPS) is 15.2. The van der Waals surface area contributed by atoms with Crippen molar-refractivity contribution in [2.45, 2.75) is 39.3 Å². The summed E-state index contributed by atoms with van der Waals surface area (Å²) in [6.45, 7) is 7.39. The highest BCUT2D eigenvalue weighted by Gasteiger charge is 2.22. The number of carbonyl (C=O) groups excluding carboxylic acids is 1. The number of carbonyl (C=O) groups is 1. The molecular weight excluding hydrogens is 368 g/mol. The Morgan fingerprint density at radius 2 is 1.72 bits per heavy atom. The number of ether oxygens (including phenoxy) is 3. The molecule has 1 heterocycles. The molecule has 3 rings (SSSR count). The van der Waals surface area contributed by atoms with Gasteiger partial charge < -0.3 is 24.8 Å². The molecule has 1 aliphatic rings. The first kappa shape index (κ1) is 20.8. The zero-order valence-corrected chi connectivity index (χ0v) is 17.5. The van der Waals surface area contributed by atoms with E-state index in [1.807, 2.05) is 49.4 Å². The van der Waals surface area contributed by atoms with Crippen molar-refractivity contribution in [1.82, 2.24) is 10.6 Å². The van der Waals surface area contributed by atoms with Crippen LogP contribution in [0.4, 0.5) is 4.79 Å². The molecule has 2 amide bonds. The van der Waals surface area contributed by atoms with E-state index < -0.39 is 0 Å². The number of benzene rings is 2. The van der Waals surface area contributed by atoms with Crippen LogP contribution < -0.4 is 24.8 Å². The van der Waals surface area contributed by atoms with Crippen molar-refractivity contribution in [3.8, 4) is 17.2 Å². The van der Waals surface area contributed by atoms with Crippen LogP contribution in [0.2, 0.25) is 0 Å². The van der Waals surface area contributed by atoms with E-state index >= 15 is 0 Å². The lowest BCUT2D eigenvalue weighted by Gasteiger charge is -2.25. The summed E-state index contributed by atoms with van der Waals surface area (Å²) in [5.41, 5.74) is 1.92. The first-order valence-electron chi connectivity index (χ1n) is 10.1. The van der Waals surface area contributed by atoms with Gasteiger partial charge in [0.2, 0.25) is 0 Å². The number of fused-ring (bicyclic) bond motifs is 1. The van der Waals surface area contributed by atoms with Crippen LogP contribution in [0.5, 0.6) is 17.2 Å². The van der Waals surface area contributed by atoms with Crippen molar-refractivity contribution in [3.63, 3.8) is 0 Å². The molecule has 0 radical (unpaired) electrons. The Kier molecular flexibility index (Phi) is 6.86. The van der Waals surface area contributed by atoms with Crippen LogP contribution in [-0.4, -0.2) is 26.4 Å². The third kappa shape index (κ3) is 5.13. The molecule has 0 aromatic heterocycles. The van der Waals surface area contributed by atoms with Gasteiger partial charge in [-0.25, -0.2) is 4.79 Å². The highest BCUT2D eigenvalue weighted by atomic mass is 16.5.